The Balaban J connectivity index is 1.52. The van der Waals surface area contributed by atoms with Gasteiger partial charge in [-0.3, -0.25) is 4.79 Å². The molecule has 1 unspecified atom stereocenters. The minimum atomic E-state index is 0.103. The number of aromatic nitrogens is 1. The number of hydrogen-bond donors (Lipinski definition) is 0. The van der Waals surface area contributed by atoms with Gasteiger partial charge in [0.2, 0.25) is 5.91 Å². The van der Waals surface area contributed by atoms with Gasteiger partial charge in [0.15, 0.2) is 0 Å². The average molecular weight is 313 g/mol. The van der Waals surface area contributed by atoms with Gasteiger partial charge in [-0.15, -0.1) is 0 Å². The number of carbonyl (C=O) groups excluding carboxylic acids is 1. The van der Waals surface area contributed by atoms with Crippen molar-refractivity contribution in [3.05, 3.63) is 24.6 Å². The largest absolute Gasteiger partial charge is 0.464 e. The first-order valence-corrected chi connectivity index (χ1v) is 8.69. The zero-order valence-corrected chi connectivity index (χ0v) is 13.4. The summed E-state index contributed by atoms with van der Waals surface area (Å²) in [5.41, 5.74) is 0.861. The third-order valence-corrected chi connectivity index (χ3v) is 5.10. The summed E-state index contributed by atoms with van der Waals surface area (Å²) in [4.78, 5) is 21.7. The van der Waals surface area contributed by atoms with Crippen molar-refractivity contribution < 1.29 is 9.21 Å². The summed E-state index contributed by atoms with van der Waals surface area (Å²) in [7, 11) is 0. The maximum absolute atomic E-state index is 12.8. The van der Waals surface area contributed by atoms with Crippen LogP contribution >= 0.6 is 0 Å². The molecule has 0 N–H and O–H groups in total. The van der Waals surface area contributed by atoms with E-state index >= 15 is 0 Å². The normalized spacial score (nSPS) is 22.5. The molecule has 5 heteroatoms. The van der Waals surface area contributed by atoms with Crippen molar-refractivity contribution in [3.8, 4) is 0 Å². The molecule has 2 aromatic heterocycles. The van der Waals surface area contributed by atoms with Crippen LogP contribution in [0.4, 0.5) is 5.82 Å². The molecule has 0 spiro atoms. The minimum Gasteiger partial charge on any atom is -0.464 e. The summed E-state index contributed by atoms with van der Waals surface area (Å²) in [6.07, 6.45) is 9.09. The molecule has 0 bridgehead atoms. The summed E-state index contributed by atoms with van der Waals surface area (Å²) < 4.78 is 5.48. The number of carbonyl (C=O) groups is 1. The lowest BCUT2D eigenvalue weighted by molar-refractivity contribution is -0.136. The van der Waals surface area contributed by atoms with Gasteiger partial charge in [-0.2, -0.15) is 0 Å². The Bertz CT molecular complexity index is 690. The fourth-order valence-electron chi connectivity index (χ4n) is 3.88. The van der Waals surface area contributed by atoms with E-state index in [4.69, 9.17) is 4.42 Å². The molecule has 0 radical (unpaired) electrons. The lowest BCUT2D eigenvalue weighted by Crippen LogP contribution is -2.46. The summed E-state index contributed by atoms with van der Waals surface area (Å²) in [5, 5.41) is 1.04. The van der Waals surface area contributed by atoms with Gasteiger partial charge in [0.05, 0.1) is 17.6 Å². The van der Waals surface area contributed by atoms with E-state index in [-0.39, 0.29) is 5.92 Å². The number of likely N-dealkylation sites (tertiary alicyclic amines) is 1. The number of anilines is 1. The first kappa shape index (κ1) is 14.5. The van der Waals surface area contributed by atoms with Gasteiger partial charge < -0.3 is 14.2 Å². The van der Waals surface area contributed by atoms with Crippen molar-refractivity contribution in [2.24, 2.45) is 5.92 Å². The lowest BCUT2D eigenvalue weighted by atomic mass is 9.95. The number of pyridine rings is 1. The second-order valence-corrected chi connectivity index (χ2v) is 6.64. The van der Waals surface area contributed by atoms with E-state index < -0.39 is 0 Å². The second-order valence-electron chi connectivity index (χ2n) is 6.64. The molecule has 4 heterocycles. The molecule has 2 saturated heterocycles. The predicted octanol–water partition coefficient (Wildman–Crippen LogP) is 3.06. The highest BCUT2D eigenvalue weighted by atomic mass is 16.3. The Morgan fingerprint density at radius 3 is 2.87 bits per heavy atom. The molecule has 5 nitrogen and oxygen atoms in total. The smallest absolute Gasteiger partial charge is 0.227 e. The molecule has 0 saturated carbocycles. The van der Waals surface area contributed by atoms with E-state index in [9.17, 15) is 4.79 Å². The van der Waals surface area contributed by atoms with Crippen molar-refractivity contribution >= 4 is 22.7 Å². The summed E-state index contributed by atoms with van der Waals surface area (Å²) in [6, 6.07) is 3.85. The van der Waals surface area contributed by atoms with Gasteiger partial charge in [0, 0.05) is 32.4 Å². The monoisotopic (exact) mass is 313 g/mol. The lowest BCUT2D eigenvalue weighted by Gasteiger charge is -2.36. The highest BCUT2D eigenvalue weighted by Crippen LogP contribution is 2.29. The van der Waals surface area contributed by atoms with Crippen LogP contribution in [-0.4, -0.2) is 42.0 Å². The van der Waals surface area contributed by atoms with Crippen LogP contribution in [0.25, 0.3) is 11.0 Å². The van der Waals surface area contributed by atoms with E-state index in [0.29, 0.717) is 5.91 Å². The van der Waals surface area contributed by atoms with Gasteiger partial charge in [0.1, 0.15) is 11.4 Å². The van der Waals surface area contributed by atoms with Gasteiger partial charge in [0.25, 0.3) is 0 Å². The van der Waals surface area contributed by atoms with Crippen LogP contribution in [0, 0.1) is 5.92 Å². The molecule has 0 aromatic carbocycles. The number of furan rings is 1. The molecule has 1 atom stereocenters. The van der Waals surface area contributed by atoms with Gasteiger partial charge in [-0.25, -0.2) is 4.98 Å². The van der Waals surface area contributed by atoms with E-state index in [0.717, 1.165) is 68.6 Å². The SMILES string of the molecule is O=C(C1CCCN(c2nccc3occc23)C1)N1CCCCC1. The summed E-state index contributed by atoms with van der Waals surface area (Å²) >= 11 is 0. The average Bonchev–Trinajstić information content (AvgIpc) is 3.10. The highest BCUT2D eigenvalue weighted by molar-refractivity contribution is 5.89. The third-order valence-electron chi connectivity index (χ3n) is 5.10. The molecule has 2 aromatic rings. The molecule has 1 amide bonds. The molecular weight excluding hydrogens is 290 g/mol. The fourth-order valence-corrected chi connectivity index (χ4v) is 3.88. The van der Waals surface area contributed by atoms with Crippen LogP contribution in [0.5, 0.6) is 0 Å². The second kappa shape index (κ2) is 6.22. The van der Waals surface area contributed by atoms with Crippen molar-refractivity contribution in [1.82, 2.24) is 9.88 Å². The van der Waals surface area contributed by atoms with E-state index in [1.54, 1.807) is 12.5 Å². The van der Waals surface area contributed by atoms with Gasteiger partial charge >= 0.3 is 0 Å². The Kier molecular flexibility index (Phi) is 3.93. The number of piperidine rings is 2. The van der Waals surface area contributed by atoms with E-state index in [1.807, 2.05) is 12.1 Å². The topological polar surface area (TPSA) is 49.6 Å². The van der Waals surface area contributed by atoms with Gasteiger partial charge in [-0.1, -0.05) is 0 Å². The minimum absolute atomic E-state index is 0.103. The molecule has 0 aliphatic carbocycles. The van der Waals surface area contributed by atoms with Crippen LogP contribution in [-0.2, 0) is 4.79 Å². The number of nitrogens with zero attached hydrogens (tertiary/aromatic N) is 3. The number of fused-ring (bicyclic) bond motifs is 1. The predicted molar refractivity (Wildman–Crippen MR) is 89.4 cm³/mol. The quantitative estimate of drug-likeness (QED) is 0.855. The number of rotatable bonds is 2. The first-order valence-electron chi connectivity index (χ1n) is 8.69. The van der Waals surface area contributed by atoms with Crippen molar-refractivity contribution in [1.29, 1.82) is 0 Å². The number of hydrogen-bond acceptors (Lipinski definition) is 4. The van der Waals surface area contributed by atoms with Crippen LogP contribution in [0.3, 0.4) is 0 Å². The Labute approximate surface area is 136 Å². The maximum atomic E-state index is 12.8. The maximum Gasteiger partial charge on any atom is 0.227 e. The Hall–Kier alpha value is -2.04. The first-order chi connectivity index (χ1) is 11.3. The van der Waals surface area contributed by atoms with Crippen LogP contribution < -0.4 is 4.90 Å². The molecule has 2 fully saturated rings. The van der Waals surface area contributed by atoms with Crippen molar-refractivity contribution in [2.75, 3.05) is 31.1 Å². The van der Waals surface area contributed by atoms with Crippen molar-refractivity contribution in [3.63, 3.8) is 0 Å². The zero-order chi connectivity index (χ0) is 15.6. The highest BCUT2D eigenvalue weighted by Gasteiger charge is 2.31. The van der Waals surface area contributed by atoms with Crippen molar-refractivity contribution in [2.45, 2.75) is 32.1 Å². The molecule has 4 rings (SSSR count). The zero-order valence-electron chi connectivity index (χ0n) is 13.4. The molecular formula is C18H23N3O2. The van der Waals surface area contributed by atoms with E-state index in [1.165, 1.54) is 6.42 Å². The third kappa shape index (κ3) is 2.80. The Morgan fingerprint density at radius 1 is 1.13 bits per heavy atom. The Morgan fingerprint density at radius 2 is 2.00 bits per heavy atom. The standard InChI is InChI=1S/C18H23N3O2/c22-18(20-9-2-1-3-10-20)14-5-4-11-21(13-14)17-15-7-12-23-16(15)6-8-19-17/h6-8,12,14H,1-5,9-11,13H2. The summed E-state index contributed by atoms with van der Waals surface area (Å²) in [6.45, 7) is 3.60. The van der Waals surface area contributed by atoms with Gasteiger partial charge in [-0.05, 0) is 44.2 Å². The molecule has 2 aliphatic heterocycles. The molecule has 2 aliphatic rings. The van der Waals surface area contributed by atoms with Crippen LogP contribution in [0.15, 0.2) is 29.0 Å². The molecule has 122 valence electrons. The fraction of sp³-hybridized carbons (Fsp3) is 0.556. The number of amides is 1. The molecule has 23 heavy (non-hydrogen) atoms. The summed E-state index contributed by atoms with van der Waals surface area (Å²) in [5.74, 6) is 1.40. The van der Waals surface area contributed by atoms with Crippen LogP contribution in [0.2, 0.25) is 0 Å². The van der Waals surface area contributed by atoms with E-state index in [2.05, 4.69) is 14.8 Å². The van der Waals surface area contributed by atoms with Crippen LogP contribution in [0.1, 0.15) is 32.1 Å².